The van der Waals surface area contributed by atoms with Crippen molar-refractivity contribution in [2.45, 2.75) is 27.7 Å². The molecule has 0 bridgehead atoms. The first-order valence-corrected chi connectivity index (χ1v) is 5.03. The van der Waals surface area contributed by atoms with E-state index in [9.17, 15) is 0 Å². The summed E-state index contributed by atoms with van der Waals surface area (Å²) in [7, 11) is 0. The van der Waals surface area contributed by atoms with Crippen LogP contribution in [0.25, 0.3) is 5.59 Å². The smallest absolute Gasteiger partial charge is 0.577 e. The molecular formula is C10H22Co2N3O2. The molecule has 0 spiro atoms. The minimum Gasteiger partial charge on any atom is -0.577 e. The molecule has 0 saturated carbocycles. The SMILES string of the molecule is CCN([CH-]N(CC)CC)CC.[CH-]=O.[Co+3].[Co].[N-]=O. The Kier molecular flexibility index (Phi) is 53.2. The summed E-state index contributed by atoms with van der Waals surface area (Å²) in [5.41, 5.74) is 5.75. The molecule has 0 heterocycles. The van der Waals surface area contributed by atoms with E-state index < -0.39 is 0 Å². The molecular weight excluding hydrogens is 312 g/mol. The zero-order valence-corrected chi connectivity index (χ0v) is 12.9. The minimum atomic E-state index is 0. The second kappa shape index (κ2) is 29.8. The summed E-state index contributed by atoms with van der Waals surface area (Å²) in [6.45, 7) is 18.6. The fourth-order valence-electron chi connectivity index (χ4n) is 1.00. The molecule has 5 nitrogen and oxygen atoms in total. The van der Waals surface area contributed by atoms with E-state index in [2.05, 4.69) is 51.0 Å². The van der Waals surface area contributed by atoms with Gasteiger partial charge in [0.1, 0.15) is 0 Å². The topological polar surface area (TPSA) is 62.9 Å². The number of hydrogen-bond acceptors (Lipinski definition) is 4. The second-order valence-corrected chi connectivity index (χ2v) is 2.56. The van der Waals surface area contributed by atoms with E-state index in [1.165, 1.54) is 0 Å². The van der Waals surface area contributed by atoms with Gasteiger partial charge in [0.25, 0.3) is 0 Å². The van der Waals surface area contributed by atoms with Crippen LogP contribution in [0.3, 0.4) is 0 Å². The van der Waals surface area contributed by atoms with Crippen molar-refractivity contribution in [1.82, 2.24) is 9.80 Å². The van der Waals surface area contributed by atoms with Crippen molar-refractivity contribution in [3.05, 3.63) is 17.2 Å². The van der Waals surface area contributed by atoms with Crippen molar-refractivity contribution in [3.8, 4) is 0 Å². The van der Waals surface area contributed by atoms with Crippen molar-refractivity contribution in [3.63, 3.8) is 0 Å². The van der Waals surface area contributed by atoms with Crippen molar-refractivity contribution in [2.24, 2.45) is 0 Å². The number of nitrogens with zero attached hydrogens (tertiary/aromatic N) is 3. The van der Waals surface area contributed by atoms with E-state index in [1.54, 1.807) is 0 Å². The van der Waals surface area contributed by atoms with Gasteiger partial charge in [-0.2, -0.15) is 0 Å². The van der Waals surface area contributed by atoms with E-state index in [0.29, 0.717) is 0 Å². The summed E-state index contributed by atoms with van der Waals surface area (Å²) >= 11 is 0. The van der Waals surface area contributed by atoms with Crippen molar-refractivity contribution in [2.75, 3.05) is 26.2 Å². The molecule has 0 atom stereocenters. The zero-order valence-electron chi connectivity index (χ0n) is 10.8. The third-order valence-corrected chi connectivity index (χ3v) is 1.95. The Balaban J connectivity index is -0.0000000720. The van der Waals surface area contributed by atoms with Gasteiger partial charge in [0, 0.05) is 16.8 Å². The predicted octanol–water partition coefficient (Wildman–Crippen LogP) is 1.83. The van der Waals surface area contributed by atoms with E-state index in [-0.39, 0.29) is 33.6 Å². The number of carbonyl (C=O) groups excluding carboxylic acids is 1. The van der Waals surface area contributed by atoms with Crippen LogP contribution < -0.4 is 0 Å². The third kappa shape index (κ3) is 21.9. The maximum atomic E-state index is 7.75. The summed E-state index contributed by atoms with van der Waals surface area (Å²) in [6.07, 6.45) is 0. The van der Waals surface area contributed by atoms with Gasteiger partial charge in [-0.1, -0.05) is 27.7 Å². The van der Waals surface area contributed by atoms with Gasteiger partial charge in [-0.3, -0.25) is 6.79 Å². The number of rotatable bonds is 6. The fourth-order valence-corrected chi connectivity index (χ4v) is 1.00. The van der Waals surface area contributed by atoms with Crippen LogP contribution >= 0.6 is 0 Å². The monoisotopic (exact) mass is 334 g/mol. The Morgan fingerprint density at radius 1 is 0.882 bits per heavy atom. The summed E-state index contributed by atoms with van der Waals surface area (Å²) in [5, 5.41) is 0. The first kappa shape index (κ1) is 30.3. The first-order chi connectivity index (χ1) is 7.28. The fraction of sp³-hybridized carbons (Fsp3) is 0.800. The minimum absolute atomic E-state index is 0. The Labute approximate surface area is 126 Å². The Morgan fingerprint density at radius 2 is 1.06 bits per heavy atom. The maximum absolute atomic E-state index is 7.75. The van der Waals surface area contributed by atoms with Gasteiger partial charge in [-0.15, -0.1) is 0 Å². The van der Waals surface area contributed by atoms with Crippen LogP contribution in [0.5, 0.6) is 0 Å². The molecule has 0 aromatic rings. The Bertz CT molecular complexity index is 104. The standard InChI is InChI=1S/C9H21N2.CHO.2Co.NO/c1-5-10(6-2)9-11(7-3)8-4;1-2;;;1-2/h9H,5-8H2,1-4H3;1H;;;/q2*-1;;+3;-1. The summed E-state index contributed by atoms with van der Waals surface area (Å²) < 4.78 is 0. The van der Waals surface area contributed by atoms with Crippen molar-refractivity contribution in [1.29, 1.82) is 0 Å². The average molecular weight is 334 g/mol. The molecule has 0 saturated heterocycles. The molecule has 17 heavy (non-hydrogen) atoms. The molecule has 0 rings (SSSR count). The second-order valence-electron chi connectivity index (χ2n) is 2.56. The van der Waals surface area contributed by atoms with Crippen molar-refractivity contribution >= 4 is 6.79 Å². The van der Waals surface area contributed by atoms with Crippen molar-refractivity contribution < 1.29 is 38.4 Å². The molecule has 0 amide bonds. The molecule has 0 aromatic carbocycles. The van der Waals surface area contributed by atoms with Crippen LogP contribution in [0, 0.1) is 11.6 Å². The summed E-state index contributed by atoms with van der Waals surface area (Å²) in [4.78, 5) is 19.6. The van der Waals surface area contributed by atoms with Gasteiger partial charge >= 0.3 is 16.8 Å². The van der Waals surface area contributed by atoms with E-state index in [4.69, 9.17) is 15.3 Å². The Morgan fingerprint density at radius 3 is 1.18 bits per heavy atom. The van der Waals surface area contributed by atoms with E-state index >= 15 is 0 Å². The molecule has 0 aromatic heterocycles. The molecule has 0 unspecified atom stereocenters. The van der Waals surface area contributed by atoms with Gasteiger partial charge in [0.15, 0.2) is 0 Å². The van der Waals surface area contributed by atoms with Gasteiger partial charge < -0.3 is 25.1 Å². The van der Waals surface area contributed by atoms with Gasteiger partial charge in [0.05, 0.1) is 0 Å². The first-order valence-electron chi connectivity index (χ1n) is 5.03. The maximum Gasteiger partial charge on any atom is 3.00 e. The molecule has 1 radical (unpaired) electrons. The zero-order chi connectivity index (χ0) is 12.7. The van der Waals surface area contributed by atoms with Gasteiger partial charge in [0.2, 0.25) is 0 Å². The number of hydrogen-bond donors (Lipinski definition) is 0. The van der Waals surface area contributed by atoms with Crippen LogP contribution in [0.2, 0.25) is 0 Å². The quantitative estimate of drug-likeness (QED) is 0.549. The van der Waals surface area contributed by atoms with Gasteiger partial charge in [-0.05, 0) is 26.2 Å². The van der Waals surface area contributed by atoms with Crippen LogP contribution in [0.4, 0.5) is 0 Å². The molecule has 0 fully saturated rings. The predicted molar refractivity (Wildman–Crippen MR) is 63.6 cm³/mol. The van der Waals surface area contributed by atoms with Crippen LogP contribution in [0.1, 0.15) is 27.7 Å². The third-order valence-electron chi connectivity index (χ3n) is 1.95. The normalized spacial score (nSPS) is 7.88. The molecule has 0 aliphatic carbocycles. The summed E-state index contributed by atoms with van der Waals surface area (Å²) in [6, 6.07) is 0. The van der Waals surface area contributed by atoms with E-state index in [0.717, 1.165) is 26.2 Å². The van der Waals surface area contributed by atoms with Gasteiger partial charge in [-0.25, -0.2) is 6.67 Å². The largest absolute Gasteiger partial charge is 3.00 e. The van der Waals surface area contributed by atoms with E-state index in [1.807, 2.05) is 0 Å². The van der Waals surface area contributed by atoms with Crippen LogP contribution in [-0.4, -0.2) is 42.8 Å². The molecule has 0 aliphatic heterocycles. The molecule has 0 aliphatic rings. The van der Waals surface area contributed by atoms with Crippen LogP contribution in [-0.2, 0) is 38.4 Å². The van der Waals surface area contributed by atoms with Crippen LogP contribution in [0.15, 0.2) is 0 Å². The number of nitroso groups, excluding NO2 is 1. The summed E-state index contributed by atoms with van der Waals surface area (Å²) in [5.74, 6) is 0. The average Bonchev–Trinajstić information content (AvgIpc) is 2.36. The molecule has 0 N–H and O–H groups in total. The molecule has 7 heteroatoms. The molecule has 107 valence electrons. The Hall–Kier alpha value is 0.203.